The molecule has 228 valence electrons. The Labute approximate surface area is 271 Å². The monoisotopic (exact) mass is 624 g/mol. The van der Waals surface area contributed by atoms with Crippen LogP contribution in [0.4, 0.5) is 11.4 Å². The second-order valence-corrected chi connectivity index (χ2v) is 11.6. The summed E-state index contributed by atoms with van der Waals surface area (Å²) in [7, 11) is 0. The summed E-state index contributed by atoms with van der Waals surface area (Å²) < 4.78 is 2.27. The molecule has 3 N–H and O–H groups in total. The third-order valence-corrected chi connectivity index (χ3v) is 8.47. The number of benzene rings is 5. The number of carbonyl (C=O) groups excluding carboxylic acids is 3. The second-order valence-electron chi connectivity index (χ2n) is 10.6. The molecular weight excluding hydrogens is 593 g/mol. The van der Waals surface area contributed by atoms with Crippen LogP contribution in [0, 0.1) is 0 Å². The predicted octanol–water partition coefficient (Wildman–Crippen LogP) is 7.95. The van der Waals surface area contributed by atoms with Gasteiger partial charge in [-0.2, -0.15) is 0 Å². The number of para-hydroxylation sites is 1. The highest BCUT2D eigenvalue weighted by atomic mass is 32.2. The SMILES string of the molecule is CCn1c2ccccc2c2cc(NC(=O)CSc3cccc(NC(=O)/C(=C/c4ccccc4)NC(=O)c4ccccc4)c3)ccc21. The van der Waals surface area contributed by atoms with E-state index in [1.165, 1.54) is 17.3 Å². The summed E-state index contributed by atoms with van der Waals surface area (Å²) >= 11 is 1.37. The quantitative estimate of drug-likeness (QED) is 0.107. The highest BCUT2D eigenvalue weighted by molar-refractivity contribution is 8.00. The minimum Gasteiger partial charge on any atom is -0.341 e. The predicted molar refractivity (Wildman–Crippen MR) is 188 cm³/mol. The number of nitrogens with zero attached hydrogens (tertiary/aromatic N) is 1. The summed E-state index contributed by atoms with van der Waals surface area (Å²) in [5, 5.41) is 10.9. The first-order chi connectivity index (χ1) is 22.5. The lowest BCUT2D eigenvalue weighted by Crippen LogP contribution is -2.30. The molecule has 3 amide bonds. The molecular formula is C38H32N4O3S. The van der Waals surface area contributed by atoms with Gasteiger partial charge >= 0.3 is 0 Å². The van der Waals surface area contributed by atoms with E-state index in [0.29, 0.717) is 11.3 Å². The van der Waals surface area contributed by atoms with Gasteiger partial charge in [-0.15, -0.1) is 11.8 Å². The Kier molecular flexibility index (Phi) is 9.27. The van der Waals surface area contributed by atoms with Crippen molar-refractivity contribution in [3.05, 3.63) is 144 Å². The summed E-state index contributed by atoms with van der Waals surface area (Å²) in [4.78, 5) is 40.0. The van der Waals surface area contributed by atoms with Crippen molar-refractivity contribution < 1.29 is 14.4 Å². The molecule has 6 rings (SSSR count). The number of carbonyl (C=O) groups is 3. The van der Waals surface area contributed by atoms with Crippen LogP contribution in [0.2, 0.25) is 0 Å². The highest BCUT2D eigenvalue weighted by Crippen LogP contribution is 2.31. The minimum absolute atomic E-state index is 0.108. The Morgan fingerprint density at radius 3 is 2.17 bits per heavy atom. The molecule has 1 heterocycles. The number of fused-ring (bicyclic) bond motifs is 3. The summed E-state index contributed by atoms with van der Waals surface area (Å²) in [5.41, 5.74) is 4.92. The molecule has 7 nitrogen and oxygen atoms in total. The molecule has 0 radical (unpaired) electrons. The summed E-state index contributed by atoms with van der Waals surface area (Å²) in [6, 6.07) is 39.6. The van der Waals surface area contributed by atoms with Gasteiger partial charge in [-0.25, -0.2) is 0 Å². The summed E-state index contributed by atoms with van der Waals surface area (Å²) in [6.07, 6.45) is 1.64. The molecule has 0 atom stereocenters. The van der Waals surface area contributed by atoms with Crippen molar-refractivity contribution in [2.24, 2.45) is 0 Å². The lowest BCUT2D eigenvalue weighted by atomic mass is 10.1. The van der Waals surface area contributed by atoms with Crippen molar-refractivity contribution in [2.45, 2.75) is 18.4 Å². The van der Waals surface area contributed by atoms with Crippen LogP contribution in [0.25, 0.3) is 27.9 Å². The van der Waals surface area contributed by atoms with Gasteiger partial charge in [0.05, 0.1) is 5.75 Å². The van der Waals surface area contributed by atoms with E-state index in [1.54, 1.807) is 42.5 Å². The molecule has 0 unspecified atom stereocenters. The number of aromatic nitrogens is 1. The number of hydrogen-bond donors (Lipinski definition) is 3. The molecule has 0 aliphatic carbocycles. The Morgan fingerprint density at radius 2 is 1.39 bits per heavy atom. The van der Waals surface area contributed by atoms with Crippen LogP contribution in [0.3, 0.4) is 0 Å². The molecule has 0 saturated heterocycles. The largest absolute Gasteiger partial charge is 0.341 e. The fourth-order valence-corrected chi connectivity index (χ4v) is 6.09. The first kappa shape index (κ1) is 30.4. The molecule has 5 aromatic carbocycles. The number of amides is 3. The number of thioether (sulfide) groups is 1. The molecule has 0 aliphatic heterocycles. The van der Waals surface area contributed by atoms with Crippen molar-refractivity contribution in [2.75, 3.05) is 16.4 Å². The van der Waals surface area contributed by atoms with Crippen LogP contribution in [0.15, 0.2) is 138 Å². The second kappa shape index (κ2) is 14.0. The van der Waals surface area contributed by atoms with E-state index >= 15 is 0 Å². The zero-order chi connectivity index (χ0) is 31.9. The molecule has 0 fully saturated rings. The molecule has 0 spiro atoms. The van der Waals surface area contributed by atoms with Gasteiger partial charge in [0, 0.05) is 50.2 Å². The van der Waals surface area contributed by atoms with Gasteiger partial charge < -0.3 is 20.5 Å². The first-order valence-corrected chi connectivity index (χ1v) is 16.0. The Bertz CT molecular complexity index is 2070. The topological polar surface area (TPSA) is 92.2 Å². The maximum atomic E-state index is 13.4. The zero-order valence-electron chi connectivity index (χ0n) is 25.2. The zero-order valence-corrected chi connectivity index (χ0v) is 26.0. The van der Waals surface area contributed by atoms with E-state index in [4.69, 9.17) is 0 Å². The van der Waals surface area contributed by atoms with Gasteiger partial charge in [0.2, 0.25) is 5.91 Å². The fourth-order valence-electron chi connectivity index (χ4n) is 5.34. The first-order valence-electron chi connectivity index (χ1n) is 15.0. The van der Waals surface area contributed by atoms with Crippen molar-refractivity contribution in [3.8, 4) is 0 Å². The van der Waals surface area contributed by atoms with Crippen molar-refractivity contribution in [1.29, 1.82) is 0 Å². The Balaban J connectivity index is 1.12. The molecule has 8 heteroatoms. The number of hydrogen-bond acceptors (Lipinski definition) is 4. The molecule has 0 bridgehead atoms. The average Bonchev–Trinajstić information content (AvgIpc) is 3.41. The minimum atomic E-state index is -0.465. The van der Waals surface area contributed by atoms with E-state index in [2.05, 4.69) is 45.6 Å². The van der Waals surface area contributed by atoms with Gasteiger partial charge in [0.15, 0.2) is 0 Å². The smallest absolute Gasteiger partial charge is 0.272 e. The molecule has 0 aliphatic rings. The van der Waals surface area contributed by atoms with E-state index in [1.807, 2.05) is 72.8 Å². The van der Waals surface area contributed by atoms with Crippen LogP contribution in [0.1, 0.15) is 22.8 Å². The summed E-state index contributed by atoms with van der Waals surface area (Å²) in [5.74, 6) is -0.788. The lowest BCUT2D eigenvalue weighted by molar-refractivity contribution is -0.114. The van der Waals surface area contributed by atoms with Crippen molar-refractivity contribution in [1.82, 2.24) is 9.88 Å². The van der Waals surface area contributed by atoms with E-state index < -0.39 is 5.91 Å². The van der Waals surface area contributed by atoms with Gasteiger partial charge in [-0.3, -0.25) is 14.4 Å². The van der Waals surface area contributed by atoms with Gasteiger partial charge in [0.1, 0.15) is 5.70 Å². The van der Waals surface area contributed by atoms with Gasteiger partial charge in [-0.05, 0) is 73.2 Å². The molecule has 0 saturated carbocycles. The molecule has 6 aromatic rings. The van der Waals surface area contributed by atoms with E-state index in [0.717, 1.165) is 39.0 Å². The maximum absolute atomic E-state index is 13.4. The fraction of sp³-hybridized carbons (Fsp3) is 0.0789. The van der Waals surface area contributed by atoms with Crippen LogP contribution in [-0.2, 0) is 16.1 Å². The van der Waals surface area contributed by atoms with E-state index in [-0.39, 0.29) is 23.3 Å². The third-order valence-electron chi connectivity index (χ3n) is 7.47. The maximum Gasteiger partial charge on any atom is 0.272 e. The lowest BCUT2D eigenvalue weighted by Gasteiger charge is -2.12. The average molecular weight is 625 g/mol. The van der Waals surface area contributed by atoms with Crippen LogP contribution < -0.4 is 16.0 Å². The number of aryl methyl sites for hydroxylation is 1. The van der Waals surface area contributed by atoms with Crippen LogP contribution in [0.5, 0.6) is 0 Å². The van der Waals surface area contributed by atoms with E-state index in [9.17, 15) is 14.4 Å². The molecule has 1 aromatic heterocycles. The number of nitrogens with one attached hydrogen (secondary N) is 3. The van der Waals surface area contributed by atoms with Crippen molar-refractivity contribution in [3.63, 3.8) is 0 Å². The van der Waals surface area contributed by atoms with Gasteiger partial charge in [-0.1, -0.05) is 72.8 Å². The standard InChI is InChI=1S/C38H32N4O3S/c1-2-42-34-19-10-9-18-31(34)32-24-29(20-21-35(32)42)39-36(43)25-46-30-17-11-16-28(23-30)40-38(45)33(22-26-12-5-3-6-13-26)41-37(44)27-14-7-4-8-15-27/h3-24H,2,25H2,1H3,(H,39,43)(H,40,45)(H,41,44)/b33-22-. The Morgan fingerprint density at radius 1 is 0.696 bits per heavy atom. The molecule has 46 heavy (non-hydrogen) atoms. The van der Waals surface area contributed by atoms with Crippen molar-refractivity contribution >= 4 is 68.7 Å². The van der Waals surface area contributed by atoms with Gasteiger partial charge in [0.25, 0.3) is 11.8 Å². The Hall–Kier alpha value is -5.60. The van der Waals surface area contributed by atoms with Crippen LogP contribution in [-0.4, -0.2) is 28.0 Å². The normalized spacial score (nSPS) is 11.4. The number of rotatable bonds is 10. The summed E-state index contributed by atoms with van der Waals surface area (Å²) in [6.45, 7) is 2.99. The number of anilines is 2. The third kappa shape index (κ3) is 7.03. The highest BCUT2D eigenvalue weighted by Gasteiger charge is 2.16. The van der Waals surface area contributed by atoms with Crippen LogP contribution >= 0.6 is 11.8 Å².